The van der Waals surface area contributed by atoms with Gasteiger partial charge >= 0.3 is 0 Å². The van der Waals surface area contributed by atoms with E-state index >= 15 is 0 Å². The molecule has 0 aliphatic heterocycles. The standard InChI is InChI=1S/C14H26N2O/c1-5-7-14(15-6-2)13-8-9-16(11-13)10-12(3)17-4/h8-9,11-12,14-15H,5-7,10H2,1-4H3. The van der Waals surface area contributed by atoms with Crippen molar-refractivity contribution in [2.75, 3.05) is 13.7 Å². The molecule has 98 valence electrons. The summed E-state index contributed by atoms with van der Waals surface area (Å²) in [4.78, 5) is 0. The molecule has 0 spiro atoms. The van der Waals surface area contributed by atoms with Crippen molar-refractivity contribution >= 4 is 0 Å². The normalized spacial score (nSPS) is 14.8. The van der Waals surface area contributed by atoms with Crippen LogP contribution in [0.2, 0.25) is 0 Å². The number of nitrogens with zero attached hydrogens (tertiary/aromatic N) is 1. The summed E-state index contributed by atoms with van der Waals surface area (Å²) in [5.74, 6) is 0. The lowest BCUT2D eigenvalue weighted by atomic mass is 10.1. The number of hydrogen-bond acceptors (Lipinski definition) is 2. The van der Waals surface area contributed by atoms with Crippen LogP contribution in [-0.2, 0) is 11.3 Å². The Hall–Kier alpha value is -0.800. The molecule has 0 amide bonds. The summed E-state index contributed by atoms with van der Waals surface area (Å²) in [6.45, 7) is 8.42. The smallest absolute Gasteiger partial charge is 0.0721 e. The van der Waals surface area contributed by atoms with Gasteiger partial charge in [-0.05, 0) is 31.5 Å². The molecule has 0 saturated heterocycles. The molecule has 17 heavy (non-hydrogen) atoms. The topological polar surface area (TPSA) is 26.2 Å². The van der Waals surface area contributed by atoms with Gasteiger partial charge in [0, 0.05) is 32.1 Å². The molecule has 2 atom stereocenters. The van der Waals surface area contributed by atoms with Gasteiger partial charge in [0.05, 0.1) is 6.10 Å². The van der Waals surface area contributed by atoms with Crippen LogP contribution in [0.25, 0.3) is 0 Å². The van der Waals surface area contributed by atoms with Crippen molar-refractivity contribution in [3.05, 3.63) is 24.0 Å². The summed E-state index contributed by atoms with van der Waals surface area (Å²) >= 11 is 0. The summed E-state index contributed by atoms with van der Waals surface area (Å²) in [5.41, 5.74) is 1.39. The second-order valence-electron chi connectivity index (χ2n) is 4.59. The number of hydrogen-bond donors (Lipinski definition) is 1. The van der Waals surface area contributed by atoms with Crippen LogP contribution in [-0.4, -0.2) is 24.3 Å². The van der Waals surface area contributed by atoms with Crippen molar-refractivity contribution < 1.29 is 4.74 Å². The van der Waals surface area contributed by atoms with Gasteiger partial charge in [-0.25, -0.2) is 0 Å². The highest BCUT2D eigenvalue weighted by molar-refractivity contribution is 5.15. The molecule has 0 fully saturated rings. The summed E-state index contributed by atoms with van der Waals surface area (Å²) in [5, 5.41) is 3.54. The van der Waals surface area contributed by atoms with E-state index in [1.54, 1.807) is 7.11 Å². The van der Waals surface area contributed by atoms with Crippen molar-refractivity contribution in [2.24, 2.45) is 0 Å². The Morgan fingerprint density at radius 2 is 2.18 bits per heavy atom. The molecule has 1 rings (SSSR count). The number of nitrogens with one attached hydrogen (secondary N) is 1. The van der Waals surface area contributed by atoms with Crippen molar-refractivity contribution in [3.63, 3.8) is 0 Å². The Bertz CT molecular complexity index is 303. The minimum Gasteiger partial charge on any atom is -0.380 e. The van der Waals surface area contributed by atoms with Crippen LogP contribution < -0.4 is 5.32 Å². The fourth-order valence-electron chi connectivity index (χ4n) is 2.07. The van der Waals surface area contributed by atoms with E-state index in [1.807, 2.05) is 0 Å². The second-order valence-corrected chi connectivity index (χ2v) is 4.59. The van der Waals surface area contributed by atoms with E-state index < -0.39 is 0 Å². The molecule has 0 aromatic carbocycles. The van der Waals surface area contributed by atoms with Crippen molar-refractivity contribution in [3.8, 4) is 0 Å². The van der Waals surface area contributed by atoms with Gasteiger partial charge in [-0.2, -0.15) is 0 Å². The van der Waals surface area contributed by atoms with Crippen molar-refractivity contribution in [1.82, 2.24) is 9.88 Å². The Morgan fingerprint density at radius 3 is 2.76 bits per heavy atom. The first-order valence-electron chi connectivity index (χ1n) is 6.63. The van der Waals surface area contributed by atoms with Crippen LogP contribution in [0.5, 0.6) is 0 Å². The molecule has 1 N–H and O–H groups in total. The molecule has 1 aromatic rings. The quantitative estimate of drug-likeness (QED) is 0.753. The van der Waals surface area contributed by atoms with E-state index in [4.69, 9.17) is 4.74 Å². The number of ether oxygens (including phenoxy) is 1. The number of rotatable bonds is 8. The highest BCUT2D eigenvalue weighted by Crippen LogP contribution is 2.19. The van der Waals surface area contributed by atoms with Gasteiger partial charge in [0.15, 0.2) is 0 Å². The zero-order chi connectivity index (χ0) is 12.7. The fraction of sp³-hybridized carbons (Fsp3) is 0.714. The molecule has 0 bridgehead atoms. The minimum atomic E-state index is 0.263. The molecule has 0 radical (unpaired) electrons. The Kier molecular flexibility index (Phi) is 6.30. The maximum atomic E-state index is 5.28. The molecular weight excluding hydrogens is 212 g/mol. The summed E-state index contributed by atoms with van der Waals surface area (Å²) in [6, 6.07) is 2.70. The third kappa shape index (κ3) is 4.52. The lowest BCUT2D eigenvalue weighted by Gasteiger charge is -2.16. The minimum absolute atomic E-state index is 0.263. The van der Waals surface area contributed by atoms with Crippen molar-refractivity contribution in [2.45, 2.75) is 52.3 Å². The monoisotopic (exact) mass is 238 g/mol. The van der Waals surface area contributed by atoms with Gasteiger partial charge in [-0.15, -0.1) is 0 Å². The van der Waals surface area contributed by atoms with Crippen molar-refractivity contribution in [1.29, 1.82) is 0 Å². The highest BCUT2D eigenvalue weighted by atomic mass is 16.5. The lowest BCUT2D eigenvalue weighted by Crippen LogP contribution is -2.20. The fourth-order valence-corrected chi connectivity index (χ4v) is 2.07. The molecule has 3 heteroatoms. The van der Waals surface area contributed by atoms with Crippen LogP contribution in [0.1, 0.15) is 45.2 Å². The third-order valence-corrected chi connectivity index (χ3v) is 3.07. The van der Waals surface area contributed by atoms with E-state index in [9.17, 15) is 0 Å². The number of methoxy groups -OCH3 is 1. The summed E-state index contributed by atoms with van der Waals surface area (Å²) in [7, 11) is 1.76. The Balaban J connectivity index is 2.63. The Labute approximate surface area is 105 Å². The van der Waals surface area contributed by atoms with Gasteiger partial charge in [0.25, 0.3) is 0 Å². The van der Waals surface area contributed by atoms with Gasteiger partial charge in [0.2, 0.25) is 0 Å². The van der Waals surface area contributed by atoms with Gasteiger partial charge < -0.3 is 14.6 Å². The molecule has 0 aliphatic carbocycles. The van der Waals surface area contributed by atoms with E-state index in [-0.39, 0.29) is 6.10 Å². The first-order chi connectivity index (χ1) is 8.21. The zero-order valence-electron chi connectivity index (χ0n) is 11.6. The SMILES string of the molecule is CCCC(NCC)c1ccn(CC(C)OC)c1. The molecule has 3 nitrogen and oxygen atoms in total. The zero-order valence-corrected chi connectivity index (χ0v) is 11.6. The third-order valence-electron chi connectivity index (χ3n) is 3.07. The number of aromatic nitrogens is 1. The van der Waals surface area contributed by atoms with Crippen LogP contribution in [0.15, 0.2) is 18.5 Å². The largest absolute Gasteiger partial charge is 0.380 e. The lowest BCUT2D eigenvalue weighted by molar-refractivity contribution is 0.103. The van der Waals surface area contributed by atoms with Gasteiger partial charge in [-0.1, -0.05) is 20.3 Å². The molecule has 1 heterocycles. The first-order valence-corrected chi connectivity index (χ1v) is 6.63. The molecule has 2 unspecified atom stereocenters. The summed E-state index contributed by atoms with van der Waals surface area (Å²) in [6.07, 6.45) is 7.04. The molecule has 0 saturated carbocycles. The van der Waals surface area contributed by atoms with Crippen LogP contribution >= 0.6 is 0 Å². The average Bonchev–Trinajstić information content (AvgIpc) is 2.77. The predicted molar refractivity (Wildman–Crippen MR) is 72.2 cm³/mol. The van der Waals surface area contributed by atoms with Gasteiger partial charge in [-0.3, -0.25) is 0 Å². The maximum absolute atomic E-state index is 5.28. The predicted octanol–water partition coefficient (Wildman–Crippen LogP) is 2.97. The van der Waals surface area contributed by atoms with Crippen LogP contribution in [0.3, 0.4) is 0 Å². The summed E-state index contributed by atoms with van der Waals surface area (Å²) < 4.78 is 7.49. The van der Waals surface area contributed by atoms with E-state index in [1.165, 1.54) is 18.4 Å². The first kappa shape index (κ1) is 14.3. The Morgan fingerprint density at radius 1 is 1.41 bits per heavy atom. The van der Waals surface area contributed by atoms with Gasteiger partial charge in [0.1, 0.15) is 0 Å². The van der Waals surface area contributed by atoms with E-state index in [0.717, 1.165) is 13.1 Å². The maximum Gasteiger partial charge on any atom is 0.0721 e. The van der Waals surface area contributed by atoms with Crippen LogP contribution in [0, 0.1) is 0 Å². The molecular formula is C14H26N2O. The van der Waals surface area contributed by atoms with E-state index in [2.05, 4.69) is 49.1 Å². The van der Waals surface area contributed by atoms with Crippen LogP contribution in [0.4, 0.5) is 0 Å². The second kappa shape index (κ2) is 7.51. The molecule has 0 aliphatic rings. The van der Waals surface area contributed by atoms with E-state index in [0.29, 0.717) is 6.04 Å². The highest BCUT2D eigenvalue weighted by Gasteiger charge is 2.11. The average molecular weight is 238 g/mol. The molecule has 1 aromatic heterocycles.